The van der Waals surface area contributed by atoms with Crippen LogP contribution in [0.4, 0.5) is 5.95 Å². The van der Waals surface area contributed by atoms with Gasteiger partial charge in [-0.05, 0) is 50.9 Å². The Morgan fingerprint density at radius 1 is 1.30 bits per heavy atom. The number of halogens is 1. The molecular formula is C13H17ClN4OS. The SMILES string of the molecule is Cc1cc(CNc2nc(Cl)nc(OC(C)C)n2)sc1C. The standard InChI is InChI=1S/C13H17ClN4OS/c1-7(2)19-13-17-11(14)16-12(18-13)15-6-10-5-8(3)9(4)20-10/h5,7H,6H2,1-4H3,(H,15,16,17,18). The van der Waals surface area contributed by atoms with Crippen LogP contribution in [-0.4, -0.2) is 21.1 Å². The fraction of sp³-hybridized carbons (Fsp3) is 0.462. The Morgan fingerprint density at radius 2 is 2.05 bits per heavy atom. The van der Waals surface area contributed by atoms with Crippen molar-refractivity contribution in [3.8, 4) is 6.01 Å². The van der Waals surface area contributed by atoms with Crippen LogP contribution in [0.2, 0.25) is 5.28 Å². The summed E-state index contributed by atoms with van der Waals surface area (Å²) < 4.78 is 5.43. The first-order valence-electron chi connectivity index (χ1n) is 6.32. The van der Waals surface area contributed by atoms with Crippen LogP contribution < -0.4 is 10.1 Å². The van der Waals surface area contributed by atoms with E-state index in [9.17, 15) is 0 Å². The summed E-state index contributed by atoms with van der Waals surface area (Å²) >= 11 is 7.62. The Labute approximate surface area is 127 Å². The molecular weight excluding hydrogens is 296 g/mol. The first kappa shape index (κ1) is 15.0. The largest absolute Gasteiger partial charge is 0.461 e. The third kappa shape index (κ3) is 4.05. The van der Waals surface area contributed by atoms with Gasteiger partial charge < -0.3 is 10.1 Å². The number of nitrogens with zero attached hydrogens (tertiary/aromatic N) is 3. The van der Waals surface area contributed by atoms with Crippen LogP contribution in [0, 0.1) is 13.8 Å². The van der Waals surface area contributed by atoms with Crippen molar-refractivity contribution in [2.24, 2.45) is 0 Å². The molecule has 0 saturated heterocycles. The van der Waals surface area contributed by atoms with Gasteiger partial charge in [0.2, 0.25) is 11.2 Å². The summed E-state index contributed by atoms with van der Waals surface area (Å²) in [5.74, 6) is 0.421. The highest BCUT2D eigenvalue weighted by atomic mass is 35.5. The maximum absolute atomic E-state index is 5.86. The van der Waals surface area contributed by atoms with Crippen molar-refractivity contribution in [1.82, 2.24) is 15.0 Å². The average molecular weight is 313 g/mol. The number of thiophene rings is 1. The van der Waals surface area contributed by atoms with E-state index < -0.39 is 0 Å². The van der Waals surface area contributed by atoms with Crippen molar-refractivity contribution in [3.63, 3.8) is 0 Å². The number of ether oxygens (including phenoxy) is 1. The van der Waals surface area contributed by atoms with Crippen molar-refractivity contribution in [1.29, 1.82) is 0 Å². The molecule has 2 aromatic rings. The zero-order valence-electron chi connectivity index (χ0n) is 11.9. The van der Waals surface area contributed by atoms with Gasteiger partial charge in [-0.15, -0.1) is 11.3 Å². The number of rotatable bonds is 5. The minimum Gasteiger partial charge on any atom is -0.461 e. The van der Waals surface area contributed by atoms with Crippen LogP contribution in [-0.2, 0) is 6.54 Å². The summed E-state index contributed by atoms with van der Waals surface area (Å²) in [4.78, 5) is 14.7. The van der Waals surface area contributed by atoms with Gasteiger partial charge in [-0.3, -0.25) is 0 Å². The number of aromatic nitrogens is 3. The fourth-order valence-electron chi connectivity index (χ4n) is 1.58. The number of anilines is 1. The summed E-state index contributed by atoms with van der Waals surface area (Å²) in [6.07, 6.45) is -0.0103. The Balaban J connectivity index is 2.07. The number of aryl methyl sites for hydroxylation is 2. The van der Waals surface area contributed by atoms with Crippen LogP contribution in [0.5, 0.6) is 6.01 Å². The molecule has 0 aliphatic carbocycles. The van der Waals surface area contributed by atoms with Crippen molar-refractivity contribution in [3.05, 3.63) is 26.7 Å². The Hall–Kier alpha value is -1.40. The van der Waals surface area contributed by atoms with Gasteiger partial charge in [-0.2, -0.15) is 15.0 Å². The van der Waals surface area contributed by atoms with Crippen molar-refractivity contribution >= 4 is 28.9 Å². The first-order chi connectivity index (χ1) is 9.44. The molecule has 7 heteroatoms. The predicted molar refractivity (Wildman–Crippen MR) is 81.7 cm³/mol. The van der Waals surface area contributed by atoms with Gasteiger partial charge in [0.25, 0.3) is 0 Å². The van der Waals surface area contributed by atoms with E-state index in [1.54, 1.807) is 11.3 Å². The van der Waals surface area contributed by atoms with E-state index in [1.165, 1.54) is 15.3 Å². The molecule has 2 rings (SSSR count). The van der Waals surface area contributed by atoms with Gasteiger partial charge in [0, 0.05) is 9.75 Å². The van der Waals surface area contributed by atoms with E-state index in [-0.39, 0.29) is 17.4 Å². The van der Waals surface area contributed by atoms with Gasteiger partial charge in [-0.25, -0.2) is 0 Å². The Morgan fingerprint density at radius 3 is 2.65 bits per heavy atom. The fourth-order valence-corrected chi connectivity index (χ4v) is 2.72. The van der Waals surface area contributed by atoms with Crippen LogP contribution in [0.15, 0.2) is 6.07 Å². The van der Waals surface area contributed by atoms with E-state index in [4.69, 9.17) is 16.3 Å². The minimum absolute atomic E-state index is 0.0103. The highest BCUT2D eigenvalue weighted by Gasteiger charge is 2.08. The smallest absolute Gasteiger partial charge is 0.322 e. The lowest BCUT2D eigenvalue weighted by atomic mass is 10.3. The third-order valence-corrected chi connectivity index (χ3v) is 3.89. The first-order valence-corrected chi connectivity index (χ1v) is 7.51. The highest BCUT2D eigenvalue weighted by Crippen LogP contribution is 2.21. The highest BCUT2D eigenvalue weighted by molar-refractivity contribution is 7.12. The maximum Gasteiger partial charge on any atom is 0.322 e. The van der Waals surface area contributed by atoms with E-state index >= 15 is 0 Å². The molecule has 0 spiro atoms. The molecule has 5 nitrogen and oxygen atoms in total. The summed E-state index contributed by atoms with van der Waals surface area (Å²) in [6, 6.07) is 2.39. The molecule has 0 aromatic carbocycles. The second-order valence-corrected chi connectivity index (χ2v) is 6.36. The summed E-state index contributed by atoms with van der Waals surface area (Å²) in [5.41, 5.74) is 1.30. The molecule has 0 radical (unpaired) electrons. The molecule has 20 heavy (non-hydrogen) atoms. The molecule has 0 fully saturated rings. The number of nitrogens with one attached hydrogen (secondary N) is 1. The quantitative estimate of drug-likeness (QED) is 0.914. The molecule has 0 unspecified atom stereocenters. The van der Waals surface area contributed by atoms with E-state index in [2.05, 4.69) is 40.2 Å². The molecule has 0 atom stereocenters. The number of hydrogen-bond donors (Lipinski definition) is 1. The number of hydrogen-bond acceptors (Lipinski definition) is 6. The lowest BCUT2D eigenvalue weighted by Crippen LogP contribution is -2.11. The second-order valence-electron chi connectivity index (χ2n) is 4.68. The zero-order valence-corrected chi connectivity index (χ0v) is 13.5. The normalized spacial score (nSPS) is 10.9. The Bertz CT molecular complexity index is 581. The van der Waals surface area contributed by atoms with Gasteiger partial charge in [0.1, 0.15) is 0 Å². The minimum atomic E-state index is -0.0103. The molecule has 0 aliphatic heterocycles. The monoisotopic (exact) mass is 312 g/mol. The van der Waals surface area contributed by atoms with Crippen molar-refractivity contribution in [2.45, 2.75) is 40.3 Å². The summed E-state index contributed by atoms with van der Waals surface area (Å²) in [5, 5.41) is 3.26. The van der Waals surface area contributed by atoms with E-state index in [0.717, 1.165) is 0 Å². The summed E-state index contributed by atoms with van der Waals surface area (Å²) in [7, 11) is 0. The summed E-state index contributed by atoms with van der Waals surface area (Å²) in [6.45, 7) is 8.67. The van der Waals surface area contributed by atoms with Gasteiger partial charge >= 0.3 is 6.01 Å². The van der Waals surface area contributed by atoms with E-state index in [0.29, 0.717) is 12.5 Å². The van der Waals surface area contributed by atoms with Gasteiger partial charge in [0.05, 0.1) is 12.6 Å². The lowest BCUT2D eigenvalue weighted by molar-refractivity contribution is 0.222. The van der Waals surface area contributed by atoms with Crippen LogP contribution >= 0.6 is 22.9 Å². The van der Waals surface area contributed by atoms with Crippen molar-refractivity contribution in [2.75, 3.05) is 5.32 Å². The molecule has 0 aliphatic rings. The zero-order chi connectivity index (χ0) is 14.7. The van der Waals surface area contributed by atoms with Gasteiger partial charge in [0.15, 0.2) is 0 Å². The van der Waals surface area contributed by atoms with E-state index in [1.807, 2.05) is 13.8 Å². The molecule has 108 valence electrons. The average Bonchev–Trinajstić information content (AvgIpc) is 2.65. The van der Waals surface area contributed by atoms with Crippen molar-refractivity contribution < 1.29 is 4.74 Å². The maximum atomic E-state index is 5.86. The molecule has 0 amide bonds. The predicted octanol–water partition coefficient (Wildman–Crippen LogP) is 3.60. The van der Waals surface area contributed by atoms with Gasteiger partial charge in [-0.1, -0.05) is 0 Å². The van der Waals surface area contributed by atoms with Crippen LogP contribution in [0.1, 0.15) is 29.2 Å². The van der Waals surface area contributed by atoms with Crippen LogP contribution in [0.3, 0.4) is 0 Å². The lowest BCUT2D eigenvalue weighted by Gasteiger charge is -2.09. The third-order valence-electron chi connectivity index (χ3n) is 2.57. The topological polar surface area (TPSA) is 59.9 Å². The molecule has 0 saturated carbocycles. The second kappa shape index (κ2) is 6.37. The molecule has 2 aromatic heterocycles. The van der Waals surface area contributed by atoms with Crippen LogP contribution in [0.25, 0.3) is 0 Å². The molecule has 0 bridgehead atoms. The molecule has 1 N–H and O–H groups in total. The Kier molecular flexibility index (Phi) is 4.77. The molecule has 2 heterocycles.